The number of anilines is 1. The third-order valence-corrected chi connectivity index (χ3v) is 4.98. The highest BCUT2D eigenvalue weighted by Gasteiger charge is 2.23. The second-order valence-electron chi connectivity index (χ2n) is 4.78. The van der Waals surface area contributed by atoms with Crippen LogP contribution in [0, 0.1) is 0 Å². The molecule has 114 valence electrons. The van der Waals surface area contributed by atoms with Gasteiger partial charge in [-0.05, 0) is 42.5 Å². The zero-order valence-corrected chi connectivity index (χ0v) is 13.1. The number of aryl methyl sites for hydroxylation is 1. The van der Waals surface area contributed by atoms with E-state index in [1.807, 2.05) is 26.8 Å². The summed E-state index contributed by atoms with van der Waals surface area (Å²) < 4.78 is 27.5. The van der Waals surface area contributed by atoms with Crippen LogP contribution >= 0.6 is 0 Å². The second kappa shape index (κ2) is 7.06. The molecule has 0 saturated heterocycles. The molecule has 6 heteroatoms. The molecule has 4 N–H and O–H groups in total. The lowest BCUT2D eigenvalue weighted by Gasteiger charge is -2.18. The molecule has 0 spiro atoms. The van der Waals surface area contributed by atoms with Crippen LogP contribution in [0.2, 0.25) is 0 Å². The molecule has 0 unspecified atom stereocenters. The molecule has 0 saturated carbocycles. The third-order valence-electron chi connectivity index (χ3n) is 3.39. The first-order valence-electron chi connectivity index (χ1n) is 6.93. The van der Waals surface area contributed by atoms with Gasteiger partial charge in [0.2, 0.25) is 10.0 Å². The summed E-state index contributed by atoms with van der Waals surface area (Å²) in [5, 5.41) is 9.17. The summed E-state index contributed by atoms with van der Waals surface area (Å²) >= 11 is 0. The molecule has 0 aliphatic carbocycles. The van der Waals surface area contributed by atoms with E-state index in [1.54, 1.807) is 6.07 Å². The first kappa shape index (κ1) is 16.9. The molecule has 0 aromatic heterocycles. The number of hydrogen-bond acceptors (Lipinski definition) is 4. The fourth-order valence-electron chi connectivity index (χ4n) is 2.08. The number of nitrogens with two attached hydrogens (primary N) is 1. The Balaban J connectivity index is 3.32. The molecule has 0 aliphatic heterocycles. The Morgan fingerprint density at radius 1 is 1.25 bits per heavy atom. The van der Waals surface area contributed by atoms with Gasteiger partial charge in [0.15, 0.2) is 0 Å². The SMILES string of the molecule is CCc1cc(N)c(CC)c(S(=O)(=O)N[C@@H](CC)CO)c1. The molecule has 0 amide bonds. The van der Waals surface area contributed by atoms with Crippen molar-refractivity contribution in [1.82, 2.24) is 4.72 Å². The highest BCUT2D eigenvalue weighted by molar-refractivity contribution is 7.89. The molecule has 5 nitrogen and oxygen atoms in total. The number of rotatable bonds is 7. The minimum absolute atomic E-state index is 0.222. The fraction of sp³-hybridized carbons (Fsp3) is 0.571. The molecule has 20 heavy (non-hydrogen) atoms. The first-order valence-corrected chi connectivity index (χ1v) is 8.42. The maximum absolute atomic E-state index is 12.5. The van der Waals surface area contributed by atoms with E-state index in [2.05, 4.69) is 4.72 Å². The van der Waals surface area contributed by atoms with Gasteiger partial charge >= 0.3 is 0 Å². The summed E-state index contributed by atoms with van der Waals surface area (Å²) in [6.45, 7) is 5.42. The van der Waals surface area contributed by atoms with Crippen LogP contribution in [0.1, 0.15) is 38.3 Å². The van der Waals surface area contributed by atoms with Crippen molar-refractivity contribution >= 4 is 15.7 Å². The Bertz CT molecular complexity index is 552. The Kier molecular flexibility index (Phi) is 5.98. The van der Waals surface area contributed by atoms with E-state index < -0.39 is 16.1 Å². The molecular weight excluding hydrogens is 276 g/mol. The number of benzene rings is 1. The van der Waals surface area contributed by atoms with Crippen LogP contribution in [-0.2, 0) is 22.9 Å². The van der Waals surface area contributed by atoms with Crippen LogP contribution in [0.25, 0.3) is 0 Å². The van der Waals surface area contributed by atoms with E-state index in [1.165, 1.54) is 0 Å². The quantitative estimate of drug-likeness (QED) is 0.664. The van der Waals surface area contributed by atoms with Gasteiger partial charge in [-0.25, -0.2) is 13.1 Å². The van der Waals surface area contributed by atoms with E-state index in [0.29, 0.717) is 30.5 Å². The molecule has 0 bridgehead atoms. The molecule has 1 rings (SSSR count). The van der Waals surface area contributed by atoms with Gasteiger partial charge in [-0.1, -0.05) is 20.8 Å². The largest absolute Gasteiger partial charge is 0.398 e. The summed E-state index contributed by atoms with van der Waals surface area (Å²) in [7, 11) is -3.67. The summed E-state index contributed by atoms with van der Waals surface area (Å²) in [5.41, 5.74) is 7.98. The lowest BCUT2D eigenvalue weighted by Crippen LogP contribution is -2.37. The van der Waals surface area contributed by atoms with Crippen molar-refractivity contribution in [2.24, 2.45) is 0 Å². The van der Waals surface area contributed by atoms with Crippen LogP contribution in [-0.4, -0.2) is 26.2 Å². The molecular formula is C14H24N2O3S. The van der Waals surface area contributed by atoms with Crippen LogP contribution in [0.4, 0.5) is 5.69 Å². The molecule has 0 aliphatic rings. The van der Waals surface area contributed by atoms with Gasteiger partial charge in [0.25, 0.3) is 0 Å². The van der Waals surface area contributed by atoms with Crippen molar-refractivity contribution in [1.29, 1.82) is 0 Å². The molecule has 1 aromatic rings. The Morgan fingerprint density at radius 2 is 1.90 bits per heavy atom. The smallest absolute Gasteiger partial charge is 0.241 e. The molecule has 1 aromatic carbocycles. The summed E-state index contributed by atoms with van der Waals surface area (Å²) in [6.07, 6.45) is 1.79. The van der Waals surface area contributed by atoms with E-state index in [4.69, 9.17) is 10.8 Å². The normalized spacial score (nSPS) is 13.4. The number of aliphatic hydroxyl groups excluding tert-OH is 1. The van der Waals surface area contributed by atoms with E-state index in [0.717, 1.165) is 5.56 Å². The third kappa shape index (κ3) is 3.71. The van der Waals surface area contributed by atoms with Crippen LogP contribution < -0.4 is 10.5 Å². The number of sulfonamides is 1. The van der Waals surface area contributed by atoms with Crippen molar-refractivity contribution in [3.63, 3.8) is 0 Å². The Labute approximate surface area is 121 Å². The molecule has 1 atom stereocenters. The zero-order chi connectivity index (χ0) is 15.3. The maximum Gasteiger partial charge on any atom is 0.241 e. The Morgan fingerprint density at radius 3 is 2.35 bits per heavy atom. The molecule has 0 heterocycles. The number of aliphatic hydroxyl groups is 1. The van der Waals surface area contributed by atoms with E-state index in [9.17, 15) is 8.42 Å². The van der Waals surface area contributed by atoms with Crippen molar-refractivity contribution < 1.29 is 13.5 Å². The van der Waals surface area contributed by atoms with E-state index >= 15 is 0 Å². The monoisotopic (exact) mass is 300 g/mol. The van der Waals surface area contributed by atoms with Crippen LogP contribution in [0.3, 0.4) is 0 Å². The van der Waals surface area contributed by atoms with Crippen LogP contribution in [0.15, 0.2) is 17.0 Å². The standard InChI is InChI=1S/C14H24N2O3S/c1-4-10-7-13(15)12(6-3)14(8-10)20(18,19)16-11(5-2)9-17/h7-8,11,16-17H,4-6,9,15H2,1-3H3/t11-/m0/s1. The summed E-state index contributed by atoms with van der Waals surface area (Å²) in [4.78, 5) is 0.226. The van der Waals surface area contributed by atoms with Crippen molar-refractivity contribution in [2.75, 3.05) is 12.3 Å². The number of nitrogen functional groups attached to an aromatic ring is 1. The zero-order valence-electron chi connectivity index (χ0n) is 12.3. The Hall–Kier alpha value is -1.11. The second-order valence-corrected chi connectivity index (χ2v) is 6.46. The highest BCUT2D eigenvalue weighted by atomic mass is 32.2. The average Bonchev–Trinajstić information content (AvgIpc) is 2.43. The van der Waals surface area contributed by atoms with Gasteiger partial charge in [0.05, 0.1) is 11.5 Å². The van der Waals surface area contributed by atoms with Crippen molar-refractivity contribution in [3.05, 3.63) is 23.3 Å². The van der Waals surface area contributed by atoms with Gasteiger partial charge in [0.1, 0.15) is 0 Å². The predicted octanol–water partition coefficient (Wildman–Crippen LogP) is 1.44. The summed E-state index contributed by atoms with van der Waals surface area (Å²) in [6, 6.07) is 3.01. The minimum atomic E-state index is -3.67. The van der Waals surface area contributed by atoms with Gasteiger partial charge in [-0.2, -0.15) is 0 Å². The summed E-state index contributed by atoms with van der Waals surface area (Å²) in [5.74, 6) is 0. The topological polar surface area (TPSA) is 92.4 Å². The lowest BCUT2D eigenvalue weighted by molar-refractivity contribution is 0.254. The van der Waals surface area contributed by atoms with E-state index in [-0.39, 0.29) is 11.5 Å². The predicted molar refractivity (Wildman–Crippen MR) is 81.1 cm³/mol. The van der Waals surface area contributed by atoms with Crippen LogP contribution in [0.5, 0.6) is 0 Å². The van der Waals surface area contributed by atoms with Gasteiger partial charge in [-0.3, -0.25) is 0 Å². The van der Waals surface area contributed by atoms with Gasteiger partial charge in [0, 0.05) is 11.7 Å². The average molecular weight is 300 g/mol. The molecule has 0 radical (unpaired) electrons. The number of hydrogen-bond donors (Lipinski definition) is 3. The number of nitrogens with one attached hydrogen (secondary N) is 1. The lowest BCUT2D eigenvalue weighted by atomic mass is 10.1. The maximum atomic E-state index is 12.5. The van der Waals surface area contributed by atoms with Crippen molar-refractivity contribution in [2.45, 2.75) is 51.0 Å². The van der Waals surface area contributed by atoms with Crippen molar-refractivity contribution in [3.8, 4) is 0 Å². The van der Waals surface area contributed by atoms with Gasteiger partial charge < -0.3 is 10.8 Å². The minimum Gasteiger partial charge on any atom is -0.398 e. The molecule has 0 fully saturated rings. The first-order chi connectivity index (χ1) is 9.39. The fourth-order valence-corrected chi connectivity index (χ4v) is 3.78. The van der Waals surface area contributed by atoms with Gasteiger partial charge in [-0.15, -0.1) is 0 Å². The highest BCUT2D eigenvalue weighted by Crippen LogP contribution is 2.25.